The third kappa shape index (κ3) is 2.18. The number of halogens is 1. The number of nitrogens with one attached hydrogen (secondary N) is 1. The van der Waals surface area contributed by atoms with Crippen LogP contribution in [-0.4, -0.2) is 11.9 Å². The first kappa shape index (κ1) is 13.1. The molecule has 1 heterocycles. The number of para-hydroxylation sites is 1. The Hall–Kier alpha value is -2.32. The number of esters is 1. The van der Waals surface area contributed by atoms with Gasteiger partial charge in [0.25, 0.3) is 5.91 Å². The molecule has 1 aromatic rings. The molecule has 0 fully saturated rings. The van der Waals surface area contributed by atoms with Crippen molar-refractivity contribution >= 4 is 29.2 Å². The summed E-state index contributed by atoms with van der Waals surface area (Å²) < 4.78 is 5.15. The molecule has 1 aliphatic heterocycles. The van der Waals surface area contributed by atoms with Gasteiger partial charge in [-0.25, -0.2) is 0 Å². The smallest absolute Gasteiger partial charge is 0.304 e. The van der Waals surface area contributed by atoms with Crippen LogP contribution in [0.25, 0.3) is 0 Å². The zero-order valence-corrected chi connectivity index (χ0v) is 10.7. The fraction of sp³-hybridized carbons (Fsp3) is 0.154. The fourth-order valence-electron chi connectivity index (χ4n) is 1.96. The summed E-state index contributed by atoms with van der Waals surface area (Å²) in [6, 6.07) is 8.44. The first-order valence-electron chi connectivity index (χ1n) is 5.38. The highest BCUT2D eigenvalue weighted by Crippen LogP contribution is 2.40. The molecule has 0 bridgehead atoms. The average Bonchev–Trinajstić information content (AvgIpc) is 2.62. The van der Waals surface area contributed by atoms with Crippen LogP contribution in [0.5, 0.6) is 0 Å². The normalized spacial score (nSPS) is 21.3. The van der Waals surface area contributed by atoms with Crippen molar-refractivity contribution in [2.75, 3.05) is 5.32 Å². The van der Waals surface area contributed by atoms with Gasteiger partial charge in [-0.2, -0.15) is 5.26 Å². The maximum absolute atomic E-state index is 12.1. The number of allylic oxidation sites excluding steroid dienone is 1. The van der Waals surface area contributed by atoms with E-state index in [0.717, 1.165) is 6.08 Å². The third-order valence-corrected chi connectivity index (χ3v) is 2.85. The molecule has 0 aliphatic carbocycles. The number of nitriles is 1. The van der Waals surface area contributed by atoms with Crippen molar-refractivity contribution in [1.82, 2.24) is 0 Å². The Morgan fingerprint density at radius 1 is 1.53 bits per heavy atom. The van der Waals surface area contributed by atoms with E-state index in [0.29, 0.717) is 11.3 Å². The Labute approximate surface area is 114 Å². The molecule has 1 atom stereocenters. The van der Waals surface area contributed by atoms with Gasteiger partial charge in [0.2, 0.25) is 5.60 Å². The highest BCUT2D eigenvalue weighted by atomic mass is 35.5. The number of ether oxygens (including phenoxy) is 1. The van der Waals surface area contributed by atoms with Crippen LogP contribution >= 0.6 is 11.6 Å². The SMILES string of the molecule is CC(=O)O[C@]1(C=C(Cl)C#N)C(=O)Nc2ccccc21. The van der Waals surface area contributed by atoms with E-state index in [4.69, 9.17) is 21.6 Å². The van der Waals surface area contributed by atoms with Gasteiger partial charge in [-0.05, 0) is 6.07 Å². The summed E-state index contributed by atoms with van der Waals surface area (Å²) in [4.78, 5) is 23.4. The van der Waals surface area contributed by atoms with Gasteiger partial charge in [0, 0.05) is 24.3 Å². The van der Waals surface area contributed by atoms with Crippen LogP contribution in [0.2, 0.25) is 0 Å². The summed E-state index contributed by atoms with van der Waals surface area (Å²) in [7, 11) is 0. The molecule has 2 rings (SSSR count). The van der Waals surface area contributed by atoms with E-state index in [1.807, 2.05) is 0 Å². The summed E-state index contributed by atoms with van der Waals surface area (Å²) in [5.74, 6) is -1.21. The minimum absolute atomic E-state index is 0.229. The number of carbonyl (C=O) groups excluding carboxylic acids is 2. The maximum Gasteiger partial charge on any atom is 0.304 e. The zero-order valence-electron chi connectivity index (χ0n) is 9.94. The van der Waals surface area contributed by atoms with Gasteiger partial charge in [0.05, 0.1) is 0 Å². The van der Waals surface area contributed by atoms with Gasteiger partial charge < -0.3 is 10.1 Å². The quantitative estimate of drug-likeness (QED) is 0.662. The van der Waals surface area contributed by atoms with Crippen molar-refractivity contribution in [3.05, 3.63) is 40.9 Å². The van der Waals surface area contributed by atoms with Gasteiger partial charge in [-0.3, -0.25) is 9.59 Å². The van der Waals surface area contributed by atoms with Crippen LogP contribution in [0.1, 0.15) is 12.5 Å². The molecule has 96 valence electrons. The number of nitrogens with zero attached hydrogens (tertiary/aromatic N) is 1. The summed E-state index contributed by atoms with van der Waals surface area (Å²) >= 11 is 5.68. The van der Waals surface area contributed by atoms with E-state index >= 15 is 0 Å². The second-order valence-corrected chi connectivity index (χ2v) is 4.34. The Morgan fingerprint density at radius 2 is 2.21 bits per heavy atom. The lowest BCUT2D eigenvalue weighted by Crippen LogP contribution is -2.37. The van der Waals surface area contributed by atoms with E-state index in [9.17, 15) is 9.59 Å². The molecule has 19 heavy (non-hydrogen) atoms. The monoisotopic (exact) mass is 276 g/mol. The molecule has 1 N–H and O–H groups in total. The molecule has 0 spiro atoms. The summed E-state index contributed by atoms with van der Waals surface area (Å²) in [6.45, 7) is 1.18. The molecule has 5 nitrogen and oxygen atoms in total. The molecule has 6 heteroatoms. The highest BCUT2D eigenvalue weighted by Gasteiger charge is 2.48. The fourth-order valence-corrected chi connectivity index (χ4v) is 2.12. The molecule has 0 saturated carbocycles. The highest BCUT2D eigenvalue weighted by molar-refractivity contribution is 6.32. The lowest BCUT2D eigenvalue weighted by Gasteiger charge is -2.23. The third-order valence-electron chi connectivity index (χ3n) is 2.65. The van der Waals surface area contributed by atoms with Crippen LogP contribution in [0.15, 0.2) is 35.4 Å². The molecular formula is C13H9ClN2O3. The predicted octanol–water partition coefficient (Wildman–Crippen LogP) is 2.04. The van der Waals surface area contributed by atoms with Crippen molar-refractivity contribution in [2.24, 2.45) is 0 Å². The average molecular weight is 277 g/mol. The lowest BCUT2D eigenvalue weighted by atomic mass is 9.94. The number of benzene rings is 1. The number of amides is 1. The van der Waals surface area contributed by atoms with E-state index in [-0.39, 0.29) is 5.03 Å². The maximum atomic E-state index is 12.1. The first-order valence-corrected chi connectivity index (χ1v) is 5.76. The Balaban J connectivity index is 2.65. The standard InChI is InChI=1S/C13H9ClN2O3/c1-8(17)19-13(6-9(14)7-15)10-4-2-3-5-11(10)16-12(13)18/h2-6H,1H3,(H,16,18)/t13-/m0/s1. The summed E-state index contributed by atoms with van der Waals surface area (Å²) in [5.41, 5.74) is -0.717. The van der Waals surface area contributed by atoms with Gasteiger partial charge in [-0.1, -0.05) is 29.8 Å². The van der Waals surface area contributed by atoms with E-state index in [1.165, 1.54) is 6.92 Å². The van der Waals surface area contributed by atoms with Crippen molar-refractivity contribution in [3.63, 3.8) is 0 Å². The zero-order chi connectivity index (χ0) is 14.0. The molecule has 1 aliphatic rings. The number of anilines is 1. The Bertz CT molecular complexity index is 633. The Kier molecular flexibility index (Phi) is 3.28. The van der Waals surface area contributed by atoms with Crippen LogP contribution in [0, 0.1) is 11.3 Å². The van der Waals surface area contributed by atoms with Gasteiger partial charge in [0.15, 0.2) is 0 Å². The second-order valence-electron chi connectivity index (χ2n) is 3.93. The van der Waals surface area contributed by atoms with Crippen LogP contribution in [0.4, 0.5) is 5.69 Å². The summed E-state index contributed by atoms with van der Waals surface area (Å²) in [5, 5.41) is 11.1. The molecule has 0 aromatic heterocycles. The minimum atomic E-state index is -1.69. The Morgan fingerprint density at radius 3 is 2.84 bits per heavy atom. The van der Waals surface area contributed by atoms with Crippen molar-refractivity contribution < 1.29 is 14.3 Å². The molecule has 1 amide bonds. The molecule has 0 radical (unpaired) electrons. The van der Waals surface area contributed by atoms with Gasteiger partial charge in [-0.15, -0.1) is 0 Å². The van der Waals surface area contributed by atoms with E-state index < -0.39 is 17.5 Å². The predicted molar refractivity (Wildman–Crippen MR) is 68.1 cm³/mol. The number of rotatable bonds is 2. The summed E-state index contributed by atoms with van der Waals surface area (Å²) in [6.07, 6.45) is 1.14. The van der Waals surface area contributed by atoms with Gasteiger partial charge in [0.1, 0.15) is 11.1 Å². The molecule has 0 saturated heterocycles. The molecule has 1 aromatic carbocycles. The van der Waals surface area contributed by atoms with Crippen molar-refractivity contribution in [1.29, 1.82) is 5.26 Å². The van der Waals surface area contributed by atoms with Crippen molar-refractivity contribution in [2.45, 2.75) is 12.5 Å². The number of carbonyl (C=O) groups is 2. The van der Waals surface area contributed by atoms with Crippen LogP contribution in [-0.2, 0) is 19.9 Å². The lowest BCUT2D eigenvalue weighted by molar-refractivity contribution is -0.159. The van der Waals surface area contributed by atoms with Gasteiger partial charge >= 0.3 is 5.97 Å². The van der Waals surface area contributed by atoms with Crippen LogP contribution < -0.4 is 5.32 Å². The van der Waals surface area contributed by atoms with E-state index in [1.54, 1.807) is 30.3 Å². The van der Waals surface area contributed by atoms with Crippen LogP contribution in [0.3, 0.4) is 0 Å². The number of fused-ring (bicyclic) bond motifs is 1. The van der Waals surface area contributed by atoms with Crippen molar-refractivity contribution in [3.8, 4) is 6.07 Å². The topological polar surface area (TPSA) is 79.2 Å². The first-order chi connectivity index (χ1) is 8.99. The second kappa shape index (κ2) is 4.75. The minimum Gasteiger partial charge on any atom is -0.440 e. The molecule has 0 unspecified atom stereocenters. The van der Waals surface area contributed by atoms with E-state index in [2.05, 4.69) is 5.32 Å². The largest absolute Gasteiger partial charge is 0.440 e. The number of hydrogen-bond donors (Lipinski definition) is 1. The molecular weight excluding hydrogens is 268 g/mol. The number of hydrogen-bond acceptors (Lipinski definition) is 4.